The summed E-state index contributed by atoms with van der Waals surface area (Å²) in [7, 11) is 3.31. The van der Waals surface area contributed by atoms with Gasteiger partial charge in [-0.05, 0) is 18.6 Å². The number of methoxy groups -OCH3 is 2. The summed E-state index contributed by atoms with van der Waals surface area (Å²) >= 11 is 5.81. The summed E-state index contributed by atoms with van der Waals surface area (Å²) in [5, 5.41) is 0.384. The second-order valence-corrected chi connectivity index (χ2v) is 5.23. The minimum Gasteiger partial charge on any atom is -0.385 e. The number of nitrogens with two attached hydrogens (primary N) is 1. The smallest absolute Gasteiger partial charge is 0.129 e. The molecule has 0 spiro atoms. The van der Waals surface area contributed by atoms with Gasteiger partial charge in [0.25, 0.3) is 0 Å². The lowest BCUT2D eigenvalue weighted by atomic mass is 10.0. The number of benzene rings is 1. The van der Waals surface area contributed by atoms with Crippen LogP contribution in [0.3, 0.4) is 0 Å². The Kier molecular flexibility index (Phi) is 8.80. The predicted molar refractivity (Wildman–Crippen MR) is 83.1 cm³/mol. The van der Waals surface area contributed by atoms with Gasteiger partial charge >= 0.3 is 0 Å². The lowest BCUT2D eigenvalue weighted by Gasteiger charge is -2.31. The fraction of sp³-hybridized carbons (Fsp3) is 0.600. The van der Waals surface area contributed by atoms with Gasteiger partial charge in [-0.1, -0.05) is 17.7 Å². The molecule has 1 aromatic carbocycles. The molecule has 0 radical (unpaired) electrons. The van der Waals surface area contributed by atoms with Crippen molar-refractivity contribution in [2.45, 2.75) is 12.5 Å². The Morgan fingerprint density at radius 2 is 1.95 bits per heavy atom. The van der Waals surface area contributed by atoms with Gasteiger partial charge in [-0.15, -0.1) is 0 Å². The highest BCUT2D eigenvalue weighted by molar-refractivity contribution is 6.30. The van der Waals surface area contributed by atoms with Crippen molar-refractivity contribution < 1.29 is 13.9 Å². The molecule has 0 aliphatic heterocycles. The van der Waals surface area contributed by atoms with Crippen molar-refractivity contribution in [3.05, 3.63) is 34.6 Å². The van der Waals surface area contributed by atoms with Crippen LogP contribution in [0.1, 0.15) is 18.0 Å². The Hall–Kier alpha value is -0.720. The number of ether oxygens (including phenoxy) is 2. The first-order valence-electron chi connectivity index (χ1n) is 7.01. The van der Waals surface area contributed by atoms with Crippen LogP contribution in [-0.2, 0) is 9.47 Å². The molecule has 0 fully saturated rings. The topological polar surface area (TPSA) is 47.7 Å². The van der Waals surface area contributed by atoms with Crippen molar-refractivity contribution in [2.24, 2.45) is 5.73 Å². The summed E-state index contributed by atoms with van der Waals surface area (Å²) in [4.78, 5) is 2.12. The zero-order valence-corrected chi connectivity index (χ0v) is 13.4. The molecule has 21 heavy (non-hydrogen) atoms. The van der Waals surface area contributed by atoms with E-state index >= 15 is 0 Å². The van der Waals surface area contributed by atoms with Crippen LogP contribution in [-0.4, -0.2) is 52.0 Å². The molecule has 0 saturated heterocycles. The monoisotopic (exact) mass is 318 g/mol. The zero-order valence-electron chi connectivity index (χ0n) is 12.6. The standard InChI is InChI=1S/C15H24ClFN2O2/c1-20-8-3-6-19(7-9-21-2)15(11-18)13-5-4-12(16)10-14(13)17/h4-5,10,15H,3,6-9,11,18H2,1-2H3. The number of hydrogen-bond acceptors (Lipinski definition) is 4. The quantitative estimate of drug-likeness (QED) is 0.673. The molecule has 1 aromatic rings. The zero-order chi connectivity index (χ0) is 15.7. The number of halogens is 2. The summed E-state index contributed by atoms with van der Waals surface area (Å²) in [5.74, 6) is -0.327. The molecule has 6 heteroatoms. The normalized spacial score (nSPS) is 12.9. The molecule has 0 saturated carbocycles. The van der Waals surface area contributed by atoms with Gasteiger partial charge in [-0.2, -0.15) is 0 Å². The Morgan fingerprint density at radius 1 is 1.24 bits per heavy atom. The van der Waals surface area contributed by atoms with E-state index in [4.69, 9.17) is 26.8 Å². The van der Waals surface area contributed by atoms with E-state index in [1.165, 1.54) is 6.07 Å². The highest BCUT2D eigenvalue weighted by Gasteiger charge is 2.21. The largest absolute Gasteiger partial charge is 0.385 e. The van der Waals surface area contributed by atoms with Crippen LogP contribution >= 0.6 is 11.6 Å². The fourth-order valence-corrected chi connectivity index (χ4v) is 2.45. The van der Waals surface area contributed by atoms with E-state index in [9.17, 15) is 4.39 Å². The molecule has 1 rings (SSSR count). The average Bonchev–Trinajstić information content (AvgIpc) is 2.46. The van der Waals surface area contributed by atoms with Gasteiger partial charge in [0.2, 0.25) is 0 Å². The van der Waals surface area contributed by atoms with Gasteiger partial charge in [-0.3, -0.25) is 4.90 Å². The fourth-order valence-electron chi connectivity index (χ4n) is 2.29. The van der Waals surface area contributed by atoms with Gasteiger partial charge < -0.3 is 15.2 Å². The molecule has 120 valence electrons. The first kappa shape index (κ1) is 18.3. The molecular formula is C15H24ClFN2O2. The first-order valence-corrected chi connectivity index (χ1v) is 7.38. The van der Waals surface area contributed by atoms with Crippen molar-refractivity contribution in [2.75, 3.05) is 47.1 Å². The maximum absolute atomic E-state index is 14.1. The Labute approximate surface area is 131 Å². The van der Waals surface area contributed by atoms with Crippen LogP contribution in [0.15, 0.2) is 18.2 Å². The summed E-state index contributed by atoms with van der Waals surface area (Å²) in [5.41, 5.74) is 6.44. The molecular weight excluding hydrogens is 295 g/mol. The molecule has 4 nitrogen and oxygen atoms in total. The van der Waals surface area contributed by atoms with Crippen molar-refractivity contribution in [1.29, 1.82) is 0 Å². The van der Waals surface area contributed by atoms with Crippen LogP contribution in [0.2, 0.25) is 5.02 Å². The van der Waals surface area contributed by atoms with Crippen molar-refractivity contribution >= 4 is 11.6 Å². The van der Waals surface area contributed by atoms with Crippen LogP contribution in [0, 0.1) is 5.82 Å². The van der Waals surface area contributed by atoms with Gasteiger partial charge in [0.15, 0.2) is 0 Å². The maximum atomic E-state index is 14.1. The van der Waals surface area contributed by atoms with Crippen LogP contribution in [0.4, 0.5) is 4.39 Å². The van der Waals surface area contributed by atoms with E-state index in [0.717, 1.165) is 13.0 Å². The molecule has 0 aliphatic rings. The van der Waals surface area contributed by atoms with E-state index in [-0.39, 0.29) is 11.9 Å². The molecule has 2 N–H and O–H groups in total. The molecule has 0 heterocycles. The van der Waals surface area contributed by atoms with E-state index in [2.05, 4.69) is 4.90 Å². The highest BCUT2D eigenvalue weighted by atomic mass is 35.5. The van der Waals surface area contributed by atoms with E-state index in [1.54, 1.807) is 26.4 Å². The third kappa shape index (κ3) is 5.88. The van der Waals surface area contributed by atoms with Gasteiger partial charge in [-0.25, -0.2) is 4.39 Å². The maximum Gasteiger partial charge on any atom is 0.129 e. The minimum atomic E-state index is -0.327. The second kappa shape index (κ2) is 10.1. The lowest BCUT2D eigenvalue weighted by Crippen LogP contribution is -2.37. The Bertz CT molecular complexity index is 421. The van der Waals surface area contributed by atoms with Crippen molar-refractivity contribution in [3.8, 4) is 0 Å². The third-order valence-corrected chi connectivity index (χ3v) is 3.60. The number of rotatable bonds is 10. The summed E-state index contributed by atoms with van der Waals surface area (Å²) in [6.45, 7) is 3.00. The highest BCUT2D eigenvalue weighted by Crippen LogP contribution is 2.25. The second-order valence-electron chi connectivity index (χ2n) is 4.79. The van der Waals surface area contributed by atoms with E-state index in [1.807, 2.05) is 0 Å². The predicted octanol–water partition coefficient (Wildman–Crippen LogP) is 2.46. The summed E-state index contributed by atoms with van der Waals surface area (Å²) in [6.07, 6.45) is 0.853. The van der Waals surface area contributed by atoms with Gasteiger partial charge in [0.1, 0.15) is 5.82 Å². The molecule has 0 amide bonds. The van der Waals surface area contributed by atoms with Crippen LogP contribution in [0.25, 0.3) is 0 Å². The van der Waals surface area contributed by atoms with E-state index in [0.29, 0.717) is 36.9 Å². The first-order chi connectivity index (χ1) is 10.1. The molecule has 1 atom stereocenters. The molecule has 0 aromatic heterocycles. The van der Waals surface area contributed by atoms with Crippen molar-refractivity contribution in [1.82, 2.24) is 4.90 Å². The van der Waals surface area contributed by atoms with E-state index < -0.39 is 0 Å². The number of nitrogens with zero attached hydrogens (tertiary/aromatic N) is 1. The molecule has 1 unspecified atom stereocenters. The molecule has 0 bridgehead atoms. The van der Waals surface area contributed by atoms with Gasteiger partial charge in [0.05, 0.1) is 6.61 Å². The minimum absolute atomic E-state index is 0.200. The summed E-state index contributed by atoms with van der Waals surface area (Å²) < 4.78 is 24.3. The number of hydrogen-bond donors (Lipinski definition) is 1. The Morgan fingerprint density at radius 3 is 2.52 bits per heavy atom. The molecule has 0 aliphatic carbocycles. The van der Waals surface area contributed by atoms with Crippen molar-refractivity contribution in [3.63, 3.8) is 0 Å². The lowest BCUT2D eigenvalue weighted by molar-refractivity contribution is 0.107. The van der Waals surface area contributed by atoms with Gasteiger partial charge in [0, 0.05) is 57.1 Å². The SMILES string of the molecule is COCCCN(CCOC)C(CN)c1ccc(Cl)cc1F. The summed E-state index contributed by atoms with van der Waals surface area (Å²) in [6, 6.07) is 4.51. The Balaban J connectivity index is 2.87. The third-order valence-electron chi connectivity index (χ3n) is 3.36. The van der Waals surface area contributed by atoms with Crippen LogP contribution < -0.4 is 5.73 Å². The average molecular weight is 319 g/mol. The van der Waals surface area contributed by atoms with Crippen LogP contribution in [0.5, 0.6) is 0 Å².